The maximum absolute atomic E-state index is 12.1. The van der Waals surface area contributed by atoms with Crippen LogP contribution in [0.4, 0.5) is 0 Å². The summed E-state index contributed by atoms with van der Waals surface area (Å²) in [6.45, 7) is 3.84. The molecule has 1 amide bonds. The van der Waals surface area contributed by atoms with Gasteiger partial charge in [-0.15, -0.1) is 0 Å². The lowest BCUT2D eigenvalue weighted by molar-refractivity contribution is 0.0743. The second-order valence-electron chi connectivity index (χ2n) is 4.08. The third-order valence-electron chi connectivity index (χ3n) is 3.09. The first-order valence-electron chi connectivity index (χ1n) is 5.32. The van der Waals surface area contributed by atoms with Crippen LogP contribution in [0.2, 0.25) is 0 Å². The Bertz CT molecular complexity index is 352. The number of aromatic nitrogens is 1. The normalized spacial score (nSPS) is 20.5. The average Bonchev–Trinajstić information content (AvgIpc) is 2.85. The number of hydrogen-bond donors (Lipinski definition) is 2. The second-order valence-corrected chi connectivity index (χ2v) is 4.08. The Kier molecular flexibility index (Phi) is 2.77. The second kappa shape index (κ2) is 4.06. The summed E-state index contributed by atoms with van der Waals surface area (Å²) in [5.41, 5.74) is 1.72. The zero-order valence-electron chi connectivity index (χ0n) is 9.21. The lowest BCUT2D eigenvalue weighted by atomic mass is 10.1. The smallest absolute Gasteiger partial charge is 0.255 e. The fraction of sp³-hybridized carbons (Fsp3) is 0.545. The molecule has 1 aromatic heterocycles. The van der Waals surface area contributed by atoms with Gasteiger partial charge in [0.25, 0.3) is 5.91 Å². The first kappa shape index (κ1) is 10.2. The van der Waals surface area contributed by atoms with Gasteiger partial charge in [-0.1, -0.05) is 0 Å². The number of aryl methyl sites for hydroxylation is 1. The number of hydrogen-bond acceptors (Lipinski definition) is 2. The molecule has 4 heteroatoms. The van der Waals surface area contributed by atoms with E-state index in [4.69, 9.17) is 0 Å². The zero-order chi connectivity index (χ0) is 10.8. The van der Waals surface area contributed by atoms with Gasteiger partial charge in [0.2, 0.25) is 0 Å². The summed E-state index contributed by atoms with van der Waals surface area (Å²) in [6.07, 6.45) is 2.86. The molecule has 0 aromatic carbocycles. The molecule has 1 saturated heterocycles. The SMILES string of the molecule is Cc1[nH]ccc1C(=O)N(C)C1CCNC1. The number of carbonyl (C=O) groups is 1. The molecule has 82 valence electrons. The Morgan fingerprint density at radius 1 is 1.60 bits per heavy atom. The molecule has 15 heavy (non-hydrogen) atoms. The van der Waals surface area contributed by atoms with Gasteiger partial charge in [-0.05, 0) is 26.0 Å². The van der Waals surface area contributed by atoms with Gasteiger partial charge in [0.05, 0.1) is 5.56 Å². The van der Waals surface area contributed by atoms with Gasteiger partial charge in [-0.3, -0.25) is 4.79 Å². The van der Waals surface area contributed by atoms with Gasteiger partial charge in [0.15, 0.2) is 0 Å². The number of aromatic amines is 1. The predicted molar refractivity (Wildman–Crippen MR) is 58.9 cm³/mol. The molecule has 1 unspecified atom stereocenters. The first-order valence-corrected chi connectivity index (χ1v) is 5.32. The Hall–Kier alpha value is -1.29. The zero-order valence-corrected chi connectivity index (χ0v) is 9.21. The standard InChI is InChI=1S/C11H17N3O/c1-8-10(4-6-13-8)11(15)14(2)9-3-5-12-7-9/h4,6,9,12-13H,3,5,7H2,1-2H3. The quantitative estimate of drug-likeness (QED) is 0.752. The molecule has 0 spiro atoms. The highest BCUT2D eigenvalue weighted by molar-refractivity contribution is 5.95. The van der Waals surface area contributed by atoms with Crippen molar-refractivity contribution in [3.63, 3.8) is 0 Å². The molecule has 2 rings (SSSR count). The summed E-state index contributed by atoms with van der Waals surface area (Å²) in [6, 6.07) is 2.18. The first-order chi connectivity index (χ1) is 7.20. The van der Waals surface area contributed by atoms with Crippen molar-refractivity contribution < 1.29 is 4.79 Å². The Morgan fingerprint density at radius 2 is 2.40 bits per heavy atom. The number of nitrogens with zero attached hydrogens (tertiary/aromatic N) is 1. The molecule has 1 aliphatic heterocycles. The van der Waals surface area contributed by atoms with Crippen LogP contribution in [0.15, 0.2) is 12.3 Å². The minimum absolute atomic E-state index is 0.113. The molecule has 0 bridgehead atoms. The molecular formula is C11H17N3O. The highest BCUT2D eigenvalue weighted by Gasteiger charge is 2.24. The Labute approximate surface area is 89.7 Å². The lowest BCUT2D eigenvalue weighted by Crippen LogP contribution is -2.38. The van der Waals surface area contributed by atoms with E-state index in [0.717, 1.165) is 30.8 Å². The summed E-state index contributed by atoms with van der Waals surface area (Å²) in [5.74, 6) is 0.113. The molecule has 0 aliphatic carbocycles. The topological polar surface area (TPSA) is 48.1 Å². The number of nitrogens with one attached hydrogen (secondary N) is 2. The van der Waals surface area contributed by atoms with Crippen LogP contribution in [0.1, 0.15) is 22.5 Å². The van der Waals surface area contributed by atoms with Crippen molar-refractivity contribution in [2.75, 3.05) is 20.1 Å². The maximum Gasteiger partial charge on any atom is 0.255 e. The monoisotopic (exact) mass is 207 g/mol. The number of amides is 1. The number of H-pyrrole nitrogens is 1. The molecule has 1 fully saturated rings. The fourth-order valence-corrected chi connectivity index (χ4v) is 2.01. The third-order valence-corrected chi connectivity index (χ3v) is 3.09. The van der Waals surface area contributed by atoms with Crippen LogP contribution >= 0.6 is 0 Å². The third kappa shape index (κ3) is 1.90. The van der Waals surface area contributed by atoms with Crippen LogP contribution in [0.25, 0.3) is 0 Å². The van der Waals surface area contributed by atoms with Gasteiger partial charge >= 0.3 is 0 Å². The van der Waals surface area contributed by atoms with Crippen molar-refractivity contribution >= 4 is 5.91 Å². The van der Waals surface area contributed by atoms with E-state index in [0.29, 0.717) is 6.04 Å². The number of likely N-dealkylation sites (N-methyl/N-ethyl adjacent to an activating group) is 1. The van der Waals surface area contributed by atoms with Crippen molar-refractivity contribution in [2.24, 2.45) is 0 Å². The van der Waals surface area contributed by atoms with E-state index in [9.17, 15) is 4.79 Å². The lowest BCUT2D eigenvalue weighted by Gasteiger charge is -2.23. The molecule has 1 aliphatic rings. The summed E-state index contributed by atoms with van der Waals surface area (Å²) in [4.78, 5) is 17.0. The van der Waals surface area contributed by atoms with Gasteiger partial charge in [-0.25, -0.2) is 0 Å². The van der Waals surface area contributed by atoms with Crippen LogP contribution in [-0.2, 0) is 0 Å². The largest absolute Gasteiger partial charge is 0.365 e. The predicted octanol–water partition coefficient (Wildman–Crippen LogP) is 0.757. The number of rotatable bonds is 2. The highest BCUT2D eigenvalue weighted by Crippen LogP contribution is 2.13. The van der Waals surface area contributed by atoms with E-state index in [2.05, 4.69) is 10.3 Å². The van der Waals surface area contributed by atoms with E-state index in [1.807, 2.05) is 31.1 Å². The summed E-state index contributed by atoms with van der Waals surface area (Å²) in [5, 5.41) is 3.27. The van der Waals surface area contributed by atoms with Gasteiger partial charge in [0.1, 0.15) is 0 Å². The maximum atomic E-state index is 12.1. The molecule has 0 radical (unpaired) electrons. The fourth-order valence-electron chi connectivity index (χ4n) is 2.01. The van der Waals surface area contributed by atoms with Crippen molar-refractivity contribution in [1.29, 1.82) is 0 Å². The van der Waals surface area contributed by atoms with Crippen LogP contribution < -0.4 is 5.32 Å². The Balaban J connectivity index is 2.10. The van der Waals surface area contributed by atoms with Gasteiger partial charge in [-0.2, -0.15) is 0 Å². The minimum Gasteiger partial charge on any atom is -0.365 e. The van der Waals surface area contributed by atoms with E-state index in [1.165, 1.54) is 0 Å². The Morgan fingerprint density at radius 3 is 2.93 bits per heavy atom. The van der Waals surface area contributed by atoms with Gasteiger partial charge < -0.3 is 15.2 Å². The van der Waals surface area contributed by atoms with Gasteiger partial charge in [0, 0.05) is 31.5 Å². The van der Waals surface area contributed by atoms with E-state index in [-0.39, 0.29) is 5.91 Å². The molecule has 2 heterocycles. The molecule has 1 aromatic rings. The number of carbonyl (C=O) groups excluding carboxylic acids is 1. The van der Waals surface area contributed by atoms with Crippen molar-refractivity contribution in [2.45, 2.75) is 19.4 Å². The van der Waals surface area contributed by atoms with E-state index in [1.54, 1.807) is 0 Å². The summed E-state index contributed by atoms with van der Waals surface area (Å²) >= 11 is 0. The molecule has 0 saturated carbocycles. The highest BCUT2D eigenvalue weighted by atomic mass is 16.2. The summed E-state index contributed by atoms with van der Waals surface area (Å²) in [7, 11) is 1.88. The van der Waals surface area contributed by atoms with Crippen LogP contribution in [0.3, 0.4) is 0 Å². The van der Waals surface area contributed by atoms with Crippen LogP contribution in [-0.4, -0.2) is 42.0 Å². The minimum atomic E-state index is 0.113. The van der Waals surface area contributed by atoms with Crippen LogP contribution in [0.5, 0.6) is 0 Å². The van der Waals surface area contributed by atoms with Crippen molar-refractivity contribution in [3.8, 4) is 0 Å². The van der Waals surface area contributed by atoms with E-state index >= 15 is 0 Å². The summed E-state index contributed by atoms with van der Waals surface area (Å²) < 4.78 is 0. The molecule has 2 N–H and O–H groups in total. The molecule has 4 nitrogen and oxygen atoms in total. The van der Waals surface area contributed by atoms with Crippen molar-refractivity contribution in [1.82, 2.24) is 15.2 Å². The molecular weight excluding hydrogens is 190 g/mol. The average molecular weight is 207 g/mol. The van der Waals surface area contributed by atoms with E-state index < -0.39 is 0 Å². The molecule has 1 atom stereocenters. The van der Waals surface area contributed by atoms with Crippen LogP contribution in [0, 0.1) is 6.92 Å². The van der Waals surface area contributed by atoms with Crippen molar-refractivity contribution in [3.05, 3.63) is 23.5 Å².